The van der Waals surface area contributed by atoms with Crippen molar-refractivity contribution in [1.29, 1.82) is 0 Å². The predicted octanol–water partition coefficient (Wildman–Crippen LogP) is 1.84. The minimum atomic E-state index is -0.170. The van der Waals surface area contributed by atoms with E-state index in [1.165, 1.54) is 16.7 Å². The molecule has 4 rings (SSSR count). The van der Waals surface area contributed by atoms with Crippen molar-refractivity contribution in [3.05, 3.63) is 22.8 Å². The van der Waals surface area contributed by atoms with Gasteiger partial charge in [-0.1, -0.05) is 0 Å². The van der Waals surface area contributed by atoms with Crippen LogP contribution in [0.15, 0.2) is 22.8 Å². The molecule has 4 N–H and O–H groups in total. The Morgan fingerprint density at radius 3 is 2.91 bits per heavy atom. The van der Waals surface area contributed by atoms with Gasteiger partial charge in [0.15, 0.2) is 5.78 Å². The lowest BCUT2D eigenvalue weighted by atomic mass is 9.57. The molecule has 0 spiro atoms. The molecular weight excluding hydrogens is 276 g/mol. The average Bonchev–Trinajstić information content (AvgIpc) is 2.67. The van der Waals surface area contributed by atoms with Crippen LogP contribution in [0, 0.1) is 11.8 Å². The summed E-state index contributed by atoms with van der Waals surface area (Å²) in [5.41, 5.74) is 17.3. The van der Waals surface area contributed by atoms with Gasteiger partial charge in [-0.05, 0) is 73.2 Å². The van der Waals surface area contributed by atoms with E-state index in [1.54, 1.807) is 0 Å². The third kappa shape index (κ3) is 2.20. The molecule has 1 saturated carbocycles. The first-order valence-electron chi connectivity index (χ1n) is 8.67. The zero-order chi connectivity index (χ0) is 15.3. The van der Waals surface area contributed by atoms with E-state index in [-0.39, 0.29) is 17.4 Å². The molecule has 1 aliphatic heterocycles. The average molecular weight is 302 g/mol. The zero-order valence-corrected chi connectivity index (χ0v) is 13.1. The maximum absolute atomic E-state index is 11.7. The third-order valence-electron chi connectivity index (χ3n) is 6.33. The molecule has 3 aliphatic carbocycles. The quantitative estimate of drug-likeness (QED) is 0.715. The summed E-state index contributed by atoms with van der Waals surface area (Å²) in [5, 5.41) is 0. The van der Waals surface area contributed by atoms with Crippen LogP contribution in [-0.4, -0.2) is 30.6 Å². The molecule has 1 heterocycles. The fourth-order valence-corrected chi connectivity index (χ4v) is 5.34. The van der Waals surface area contributed by atoms with E-state index >= 15 is 0 Å². The number of hydrogen-bond acceptors (Lipinski definition) is 4. The summed E-state index contributed by atoms with van der Waals surface area (Å²) in [6, 6.07) is 0.0521. The van der Waals surface area contributed by atoms with Crippen LogP contribution in [0.4, 0.5) is 0 Å². The van der Waals surface area contributed by atoms with Gasteiger partial charge in [-0.15, -0.1) is 0 Å². The summed E-state index contributed by atoms with van der Waals surface area (Å²) in [5.74, 6) is 1.26. The first kappa shape index (κ1) is 14.6. The van der Waals surface area contributed by atoms with Gasteiger partial charge in [0.2, 0.25) is 0 Å². The number of nitrogens with two attached hydrogens (primary N) is 2. The van der Waals surface area contributed by atoms with E-state index in [0.29, 0.717) is 18.3 Å². The normalized spacial score (nSPS) is 42.0. The Hall–Kier alpha value is -0.970. The number of carbonyl (C=O) groups excluding carboxylic acids is 1. The highest BCUT2D eigenvalue weighted by Crippen LogP contribution is 2.51. The molecule has 0 bridgehead atoms. The highest BCUT2D eigenvalue weighted by atomic mass is 16.5. The van der Waals surface area contributed by atoms with Crippen molar-refractivity contribution in [3.63, 3.8) is 0 Å². The van der Waals surface area contributed by atoms with Crippen molar-refractivity contribution in [2.24, 2.45) is 23.3 Å². The second-order valence-electron chi connectivity index (χ2n) is 7.52. The number of allylic oxidation sites excluding steroid dienone is 3. The van der Waals surface area contributed by atoms with Crippen LogP contribution in [0.5, 0.6) is 0 Å². The topological polar surface area (TPSA) is 78.3 Å². The Morgan fingerprint density at radius 1 is 1.18 bits per heavy atom. The molecule has 4 atom stereocenters. The van der Waals surface area contributed by atoms with Crippen LogP contribution >= 0.6 is 0 Å². The van der Waals surface area contributed by atoms with E-state index in [2.05, 4.69) is 0 Å². The lowest BCUT2D eigenvalue weighted by molar-refractivity contribution is -0.114. The zero-order valence-electron chi connectivity index (χ0n) is 13.1. The third-order valence-corrected chi connectivity index (χ3v) is 6.33. The summed E-state index contributed by atoms with van der Waals surface area (Å²) in [6.45, 7) is 1.58. The molecular formula is C18H26N2O2. The number of ether oxygens (including phenoxy) is 1. The molecule has 2 fully saturated rings. The molecule has 1 saturated heterocycles. The number of hydrogen-bond donors (Lipinski definition) is 2. The molecule has 22 heavy (non-hydrogen) atoms. The van der Waals surface area contributed by atoms with E-state index in [9.17, 15) is 4.79 Å². The Bertz CT molecular complexity index is 565. The summed E-state index contributed by atoms with van der Waals surface area (Å²) in [7, 11) is 0. The van der Waals surface area contributed by atoms with Crippen molar-refractivity contribution in [2.45, 2.75) is 56.5 Å². The fourth-order valence-electron chi connectivity index (χ4n) is 5.34. The van der Waals surface area contributed by atoms with Crippen LogP contribution in [0.1, 0.15) is 44.9 Å². The van der Waals surface area contributed by atoms with Gasteiger partial charge in [0.1, 0.15) is 0 Å². The van der Waals surface area contributed by atoms with Gasteiger partial charge in [0.25, 0.3) is 0 Å². The van der Waals surface area contributed by atoms with Crippen LogP contribution in [0.25, 0.3) is 0 Å². The molecule has 0 amide bonds. The van der Waals surface area contributed by atoms with Crippen LogP contribution < -0.4 is 11.5 Å². The Balaban J connectivity index is 1.77. The van der Waals surface area contributed by atoms with Gasteiger partial charge in [-0.25, -0.2) is 0 Å². The van der Waals surface area contributed by atoms with E-state index in [0.717, 1.165) is 51.7 Å². The number of fused-ring (bicyclic) bond motifs is 4. The molecule has 0 aromatic carbocycles. The molecule has 0 aromatic rings. The van der Waals surface area contributed by atoms with Crippen molar-refractivity contribution in [1.82, 2.24) is 0 Å². The first-order valence-corrected chi connectivity index (χ1v) is 8.67. The molecule has 4 nitrogen and oxygen atoms in total. The van der Waals surface area contributed by atoms with Crippen molar-refractivity contribution in [3.8, 4) is 0 Å². The van der Waals surface area contributed by atoms with E-state index in [1.807, 2.05) is 6.08 Å². The summed E-state index contributed by atoms with van der Waals surface area (Å²) >= 11 is 0. The standard InChI is InChI=1S/C18H26N2O2/c19-16-10-18(20)6-8-22-7-5-15(18)14-3-1-11-9-12(21)2-4-13(11)17(14)16/h9,14-16H,1-8,10,19-20H2/t14?,15?,16-,18?/m0/s1. The van der Waals surface area contributed by atoms with E-state index < -0.39 is 0 Å². The first-order chi connectivity index (χ1) is 10.6. The number of ketones is 1. The Kier molecular flexibility index (Phi) is 3.51. The van der Waals surface area contributed by atoms with Crippen LogP contribution in [0.2, 0.25) is 0 Å². The largest absolute Gasteiger partial charge is 0.381 e. The summed E-state index contributed by atoms with van der Waals surface area (Å²) < 4.78 is 5.69. The van der Waals surface area contributed by atoms with E-state index in [4.69, 9.17) is 16.2 Å². The highest BCUT2D eigenvalue weighted by Gasteiger charge is 2.50. The van der Waals surface area contributed by atoms with Gasteiger partial charge >= 0.3 is 0 Å². The maximum Gasteiger partial charge on any atom is 0.156 e. The summed E-state index contributed by atoms with van der Waals surface area (Å²) in [6.07, 6.45) is 8.32. The second-order valence-corrected chi connectivity index (χ2v) is 7.52. The van der Waals surface area contributed by atoms with Gasteiger partial charge in [-0.2, -0.15) is 0 Å². The summed E-state index contributed by atoms with van der Waals surface area (Å²) in [4.78, 5) is 11.7. The predicted molar refractivity (Wildman–Crippen MR) is 85.1 cm³/mol. The molecule has 3 unspecified atom stereocenters. The number of rotatable bonds is 0. The maximum atomic E-state index is 11.7. The molecule has 4 aliphatic rings. The van der Waals surface area contributed by atoms with Crippen molar-refractivity contribution >= 4 is 5.78 Å². The minimum Gasteiger partial charge on any atom is -0.381 e. The molecule has 0 radical (unpaired) electrons. The lowest BCUT2D eigenvalue weighted by Gasteiger charge is -2.51. The Labute approximate surface area is 131 Å². The second kappa shape index (κ2) is 5.29. The van der Waals surface area contributed by atoms with Gasteiger partial charge in [-0.3, -0.25) is 4.79 Å². The smallest absolute Gasteiger partial charge is 0.156 e. The van der Waals surface area contributed by atoms with Gasteiger partial charge < -0.3 is 16.2 Å². The molecule has 0 aromatic heterocycles. The number of carbonyl (C=O) groups is 1. The molecule has 4 heteroatoms. The van der Waals surface area contributed by atoms with Crippen molar-refractivity contribution < 1.29 is 9.53 Å². The van der Waals surface area contributed by atoms with Gasteiger partial charge in [0, 0.05) is 31.2 Å². The Morgan fingerprint density at radius 2 is 2.05 bits per heavy atom. The fraction of sp³-hybridized carbons (Fsp3) is 0.722. The highest BCUT2D eigenvalue weighted by molar-refractivity contribution is 5.93. The van der Waals surface area contributed by atoms with Crippen LogP contribution in [0.3, 0.4) is 0 Å². The molecule has 120 valence electrons. The van der Waals surface area contributed by atoms with Crippen molar-refractivity contribution in [2.75, 3.05) is 13.2 Å². The lowest BCUT2D eigenvalue weighted by Crippen LogP contribution is -2.59. The van der Waals surface area contributed by atoms with Gasteiger partial charge in [0.05, 0.1) is 0 Å². The monoisotopic (exact) mass is 302 g/mol. The minimum absolute atomic E-state index is 0.0521. The SMILES string of the molecule is N[C@H]1CC2(N)CCOCCC2C2CCC3=CC(=O)CCC3=C21. The van der Waals surface area contributed by atoms with Crippen LogP contribution in [-0.2, 0) is 9.53 Å².